The molecule has 0 aliphatic heterocycles. The summed E-state index contributed by atoms with van der Waals surface area (Å²) in [5.74, 6) is -1.18. The summed E-state index contributed by atoms with van der Waals surface area (Å²) in [5, 5.41) is 19.4. The zero-order valence-electron chi connectivity index (χ0n) is 9.54. The number of carboxylic acids is 1. The Morgan fingerprint density at radius 1 is 1.42 bits per heavy atom. The molecule has 92 valence electrons. The quantitative estimate of drug-likeness (QED) is 0.748. The SMILES string of the molecule is N#Cc1sc(-c2c[nH]c3ccccc23)nc1C(=O)O. The van der Waals surface area contributed by atoms with Gasteiger partial charge in [-0.05, 0) is 6.07 Å². The minimum absolute atomic E-state index is 0.118. The number of nitrogens with one attached hydrogen (secondary N) is 1. The molecule has 1 aromatic carbocycles. The van der Waals surface area contributed by atoms with E-state index in [1.54, 1.807) is 6.20 Å². The Balaban J connectivity index is 2.23. The molecule has 0 unspecified atom stereocenters. The number of aromatic amines is 1. The van der Waals surface area contributed by atoms with Crippen molar-refractivity contribution >= 4 is 28.2 Å². The highest BCUT2D eigenvalue weighted by Gasteiger charge is 2.19. The molecule has 0 radical (unpaired) electrons. The monoisotopic (exact) mass is 269 g/mol. The Morgan fingerprint density at radius 3 is 2.89 bits per heavy atom. The van der Waals surface area contributed by atoms with Crippen LogP contribution in [0.25, 0.3) is 21.5 Å². The van der Waals surface area contributed by atoms with Crippen molar-refractivity contribution in [3.63, 3.8) is 0 Å². The fourth-order valence-electron chi connectivity index (χ4n) is 1.90. The number of H-pyrrole nitrogens is 1. The Morgan fingerprint density at radius 2 is 2.21 bits per heavy atom. The number of aromatic nitrogens is 2. The van der Waals surface area contributed by atoms with Gasteiger partial charge in [-0.25, -0.2) is 9.78 Å². The van der Waals surface area contributed by atoms with E-state index >= 15 is 0 Å². The topological polar surface area (TPSA) is 89.8 Å². The van der Waals surface area contributed by atoms with Crippen molar-refractivity contribution in [3.8, 4) is 16.6 Å². The van der Waals surface area contributed by atoms with Crippen LogP contribution in [0.3, 0.4) is 0 Å². The van der Waals surface area contributed by atoms with Crippen molar-refractivity contribution in [1.82, 2.24) is 9.97 Å². The molecule has 3 aromatic rings. The summed E-state index contributed by atoms with van der Waals surface area (Å²) in [6.07, 6.45) is 1.77. The molecule has 0 saturated carbocycles. The number of hydrogen-bond acceptors (Lipinski definition) is 4. The van der Waals surface area contributed by atoms with Crippen molar-refractivity contribution < 1.29 is 9.90 Å². The number of thiazole rings is 1. The lowest BCUT2D eigenvalue weighted by Gasteiger charge is -1.92. The average molecular weight is 269 g/mol. The first-order chi connectivity index (χ1) is 9.20. The van der Waals surface area contributed by atoms with Crippen LogP contribution < -0.4 is 0 Å². The van der Waals surface area contributed by atoms with E-state index in [9.17, 15) is 4.79 Å². The highest BCUT2D eigenvalue weighted by molar-refractivity contribution is 7.16. The van der Waals surface area contributed by atoms with Crippen molar-refractivity contribution in [2.24, 2.45) is 0 Å². The lowest BCUT2D eigenvalue weighted by Crippen LogP contribution is -1.98. The van der Waals surface area contributed by atoms with E-state index in [4.69, 9.17) is 10.4 Å². The molecule has 0 saturated heterocycles. The predicted octanol–water partition coefficient (Wildman–Crippen LogP) is 2.86. The van der Waals surface area contributed by atoms with Gasteiger partial charge in [0.25, 0.3) is 0 Å². The van der Waals surface area contributed by atoms with E-state index in [-0.39, 0.29) is 10.6 Å². The molecule has 0 bridgehead atoms. The maximum absolute atomic E-state index is 11.0. The third kappa shape index (κ3) is 1.77. The Hall–Kier alpha value is -2.65. The maximum atomic E-state index is 11.0. The summed E-state index contributed by atoms with van der Waals surface area (Å²) >= 11 is 1.09. The Kier molecular flexibility index (Phi) is 2.54. The lowest BCUT2D eigenvalue weighted by atomic mass is 10.2. The third-order valence-electron chi connectivity index (χ3n) is 2.75. The van der Waals surface area contributed by atoms with E-state index in [1.165, 1.54) is 0 Å². The summed E-state index contributed by atoms with van der Waals surface area (Å²) in [6.45, 7) is 0. The molecule has 0 aliphatic carbocycles. The molecule has 2 N–H and O–H groups in total. The average Bonchev–Trinajstić information content (AvgIpc) is 3.01. The van der Waals surface area contributed by atoms with Gasteiger partial charge in [0.2, 0.25) is 0 Å². The fraction of sp³-hybridized carbons (Fsp3) is 0. The fourth-order valence-corrected chi connectivity index (χ4v) is 2.79. The summed E-state index contributed by atoms with van der Waals surface area (Å²) in [6, 6.07) is 9.53. The first-order valence-electron chi connectivity index (χ1n) is 5.41. The molecule has 3 rings (SSSR count). The molecule has 2 aromatic heterocycles. The van der Waals surface area contributed by atoms with Crippen LogP contribution >= 0.6 is 11.3 Å². The van der Waals surface area contributed by atoms with Crippen molar-refractivity contribution in [2.45, 2.75) is 0 Å². The van der Waals surface area contributed by atoms with E-state index < -0.39 is 5.97 Å². The van der Waals surface area contributed by atoms with Crippen LogP contribution in [0, 0.1) is 11.3 Å². The number of aromatic carboxylic acids is 1. The van der Waals surface area contributed by atoms with Gasteiger partial charge >= 0.3 is 5.97 Å². The van der Waals surface area contributed by atoms with Crippen LogP contribution in [0.4, 0.5) is 0 Å². The van der Waals surface area contributed by atoms with E-state index in [0.29, 0.717) is 5.01 Å². The van der Waals surface area contributed by atoms with Gasteiger partial charge in [0.1, 0.15) is 16.0 Å². The van der Waals surface area contributed by atoms with Crippen LogP contribution in [0.1, 0.15) is 15.4 Å². The van der Waals surface area contributed by atoms with Gasteiger partial charge in [0.15, 0.2) is 5.69 Å². The number of carbonyl (C=O) groups is 1. The Labute approximate surface area is 111 Å². The number of para-hydroxylation sites is 1. The van der Waals surface area contributed by atoms with Gasteiger partial charge in [0.05, 0.1) is 0 Å². The number of nitrogens with zero attached hydrogens (tertiary/aromatic N) is 2. The van der Waals surface area contributed by atoms with Gasteiger partial charge in [-0.3, -0.25) is 0 Å². The molecule has 0 aliphatic rings. The van der Waals surface area contributed by atoms with Crippen LogP contribution in [0.5, 0.6) is 0 Å². The van der Waals surface area contributed by atoms with Gasteiger partial charge < -0.3 is 10.1 Å². The maximum Gasteiger partial charge on any atom is 0.356 e. The number of hydrogen-bond donors (Lipinski definition) is 2. The van der Waals surface area contributed by atoms with Crippen LogP contribution in [-0.2, 0) is 0 Å². The van der Waals surface area contributed by atoms with Gasteiger partial charge in [-0.15, -0.1) is 11.3 Å². The second kappa shape index (κ2) is 4.23. The minimum Gasteiger partial charge on any atom is -0.476 e. The Bertz CT molecular complexity index is 826. The molecular weight excluding hydrogens is 262 g/mol. The molecular formula is C13H7N3O2S. The van der Waals surface area contributed by atoms with Gasteiger partial charge in [-0.2, -0.15) is 5.26 Å². The van der Waals surface area contributed by atoms with Crippen molar-refractivity contribution in [1.29, 1.82) is 5.26 Å². The number of benzene rings is 1. The van der Waals surface area contributed by atoms with Crippen LogP contribution in [0.15, 0.2) is 30.5 Å². The highest BCUT2D eigenvalue weighted by atomic mass is 32.1. The molecule has 0 spiro atoms. The first-order valence-corrected chi connectivity index (χ1v) is 6.23. The molecule has 2 heterocycles. The van der Waals surface area contributed by atoms with E-state index in [2.05, 4.69) is 9.97 Å². The summed E-state index contributed by atoms with van der Waals surface area (Å²) in [7, 11) is 0. The van der Waals surface area contributed by atoms with Crippen molar-refractivity contribution in [3.05, 3.63) is 41.0 Å². The summed E-state index contributed by atoms with van der Waals surface area (Å²) in [4.78, 5) is 18.3. The summed E-state index contributed by atoms with van der Waals surface area (Å²) < 4.78 is 0. The van der Waals surface area contributed by atoms with Crippen LogP contribution in [0.2, 0.25) is 0 Å². The normalized spacial score (nSPS) is 10.5. The van der Waals surface area contributed by atoms with Crippen molar-refractivity contribution in [2.75, 3.05) is 0 Å². The number of fused-ring (bicyclic) bond motifs is 1. The molecule has 0 amide bonds. The molecule has 5 nitrogen and oxygen atoms in total. The highest BCUT2D eigenvalue weighted by Crippen LogP contribution is 2.33. The molecule has 6 heteroatoms. The van der Waals surface area contributed by atoms with E-state index in [1.807, 2.05) is 30.3 Å². The standard InChI is InChI=1S/C13H7N3O2S/c14-5-10-11(13(17)18)16-12(19-10)8-6-15-9-4-2-1-3-7(8)9/h1-4,6,15H,(H,17,18). The largest absolute Gasteiger partial charge is 0.476 e. The number of rotatable bonds is 2. The second-order valence-electron chi connectivity index (χ2n) is 3.86. The number of carboxylic acid groups (broad SMARTS) is 1. The zero-order valence-corrected chi connectivity index (χ0v) is 10.4. The first kappa shape index (κ1) is 11.4. The smallest absolute Gasteiger partial charge is 0.356 e. The summed E-state index contributed by atoms with van der Waals surface area (Å²) in [5.41, 5.74) is 1.57. The molecule has 0 fully saturated rings. The van der Waals surface area contributed by atoms with Gasteiger partial charge in [-0.1, -0.05) is 18.2 Å². The predicted molar refractivity (Wildman–Crippen MR) is 71.1 cm³/mol. The second-order valence-corrected chi connectivity index (χ2v) is 4.86. The van der Waals surface area contributed by atoms with Gasteiger partial charge in [0, 0.05) is 22.7 Å². The zero-order chi connectivity index (χ0) is 13.4. The number of nitriles is 1. The van der Waals surface area contributed by atoms with E-state index in [0.717, 1.165) is 27.8 Å². The molecule has 19 heavy (non-hydrogen) atoms. The molecule has 0 atom stereocenters. The third-order valence-corrected chi connectivity index (χ3v) is 3.74. The lowest BCUT2D eigenvalue weighted by molar-refractivity contribution is 0.0691. The minimum atomic E-state index is -1.18. The van der Waals surface area contributed by atoms with Crippen LogP contribution in [-0.4, -0.2) is 21.0 Å².